The van der Waals surface area contributed by atoms with Gasteiger partial charge in [-0.05, 0) is 97.8 Å². The summed E-state index contributed by atoms with van der Waals surface area (Å²) in [6.07, 6.45) is 7.22. The van der Waals surface area contributed by atoms with E-state index in [0.717, 1.165) is 35.0 Å². The predicted molar refractivity (Wildman–Crippen MR) is 203 cm³/mol. The Balaban J connectivity index is 1.10. The molecule has 55 heavy (non-hydrogen) atoms. The van der Waals surface area contributed by atoms with Gasteiger partial charge >= 0.3 is 5.69 Å². The molecule has 282 valence electrons. The van der Waals surface area contributed by atoms with Gasteiger partial charge in [-0.25, -0.2) is 18.3 Å². The highest BCUT2D eigenvalue weighted by Gasteiger charge is 2.31. The van der Waals surface area contributed by atoms with Gasteiger partial charge in [-0.15, -0.1) is 0 Å². The summed E-state index contributed by atoms with van der Waals surface area (Å²) in [7, 11) is 1.65. The zero-order valence-corrected chi connectivity index (χ0v) is 30.8. The van der Waals surface area contributed by atoms with Crippen molar-refractivity contribution >= 4 is 27.7 Å². The largest absolute Gasteiger partial charge is 0.383 e. The number of nitrogens with zero attached hydrogens (tertiary/aromatic N) is 7. The van der Waals surface area contributed by atoms with E-state index in [2.05, 4.69) is 10.1 Å². The fraction of sp³-hybridized carbons (Fsp3) is 0.317. The molecule has 7 aromatic rings. The van der Waals surface area contributed by atoms with Crippen LogP contribution in [0.4, 0.5) is 8.78 Å². The third-order valence-electron chi connectivity index (χ3n) is 11.0. The first kappa shape index (κ1) is 34.9. The molecule has 3 aromatic carbocycles. The van der Waals surface area contributed by atoms with E-state index < -0.39 is 5.82 Å². The molecule has 0 atom stereocenters. The van der Waals surface area contributed by atoms with Crippen molar-refractivity contribution in [2.24, 2.45) is 0 Å². The molecule has 0 spiro atoms. The second-order valence-corrected chi connectivity index (χ2v) is 14.5. The van der Waals surface area contributed by atoms with Crippen molar-refractivity contribution in [2.75, 3.05) is 33.5 Å². The minimum absolute atomic E-state index is 0.151. The number of ether oxygens (including phenoxy) is 2. The molecule has 1 amide bonds. The maximum Gasteiger partial charge on any atom is 0.338 e. The number of aromatic nitrogens is 7. The predicted octanol–water partition coefficient (Wildman–Crippen LogP) is 6.28. The van der Waals surface area contributed by atoms with Crippen LogP contribution in [0.15, 0.2) is 71.9 Å². The van der Waals surface area contributed by atoms with Crippen LogP contribution in [0.3, 0.4) is 0 Å². The highest BCUT2D eigenvalue weighted by molar-refractivity contribution is 5.98. The number of nitrogens with one attached hydrogen (secondary N) is 1. The molecular weight excluding hydrogens is 706 g/mol. The van der Waals surface area contributed by atoms with Crippen LogP contribution in [0.2, 0.25) is 0 Å². The van der Waals surface area contributed by atoms with Crippen LogP contribution in [0, 0.1) is 25.5 Å². The molecule has 14 heteroatoms. The number of imidazole rings is 1. The topological polar surface area (TPSA) is 117 Å². The van der Waals surface area contributed by atoms with Gasteiger partial charge < -0.3 is 19.4 Å². The van der Waals surface area contributed by atoms with E-state index in [-0.39, 0.29) is 35.6 Å². The molecule has 0 bridgehead atoms. The molecule has 9 rings (SSSR count). The third-order valence-corrected chi connectivity index (χ3v) is 11.0. The standard InChI is InChI=1S/C41H40F2N8O4/c1-24-16-31(17-25(2)37(24)43)51-39(49-11-10-48(41(49)53)30-4-5-36-29(19-30)22-44-50(36)12-15-54-3)32-23-47(9-6-34(32)46-51)40(52)35-21-28-18-27(20-33(42)38(28)45-35)26-7-13-55-14-8-26/h4-5,10-11,16-22,26,45H,6-9,12-15,23H2,1-3H3. The molecule has 6 heterocycles. The van der Waals surface area contributed by atoms with E-state index in [4.69, 9.17) is 14.6 Å². The van der Waals surface area contributed by atoms with Crippen molar-refractivity contribution in [3.05, 3.63) is 123 Å². The Bertz CT molecular complexity index is 2650. The maximum absolute atomic E-state index is 15.4. The van der Waals surface area contributed by atoms with Crippen LogP contribution < -0.4 is 5.69 Å². The lowest BCUT2D eigenvalue weighted by Gasteiger charge is -2.26. The summed E-state index contributed by atoms with van der Waals surface area (Å²) >= 11 is 0. The smallest absolute Gasteiger partial charge is 0.338 e. The van der Waals surface area contributed by atoms with E-state index in [9.17, 15) is 14.0 Å². The zero-order valence-electron chi connectivity index (χ0n) is 30.8. The quantitative estimate of drug-likeness (QED) is 0.196. The summed E-state index contributed by atoms with van der Waals surface area (Å²) < 4.78 is 47.6. The van der Waals surface area contributed by atoms with Crippen LogP contribution in [0.1, 0.15) is 57.2 Å². The fourth-order valence-corrected chi connectivity index (χ4v) is 8.09. The van der Waals surface area contributed by atoms with Gasteiger partial charge in [0.2, 0.25) is 0 Å². The first-order valence-electron chi connectivity index (χ1n) is 18.5. The highest BCUT2D eigenvalue weighted by Crippen LogP contribution is 2.33. The molecule has 0 unspecified atom stereocenters. The van der Waals surface area contributed by atoms with Crippen molar-refractivity contribution in [1.82, 2.24) is 38.6 Å². The van der Waals surface area contributed by atoms with Crippen molar-refractivity contribution < 1.29 is 23.0 Å². The summed E-state index contributed by atoms with van der Waals surface area (Å²) in [6, 6.07) is 14.4. The summed E-state index contributed by atoms with van der Waals surface area (Å²) in [5, 5.41) is 11.0. The number of rotatable bonds is 8. The second kappa shape index (κ2) is 13.8. The van der Waals surface area contributed by atoms with Crippen molar-refractivity contribution in [3.8, 4) is 17.2 Å². The number of benzene rings is 3. The van der Waals surface area contributed by atoms with E-state index in [1.807, 2.05) is 28.9 Å². The summed E-state index contributed by atoms with van der Waals surface area (Å²) in [5.41, 5.74) is 5.61. The Hall–Kier alpha value is -5.86. The van der Waals surface area contributed by atoms with Crippen LogP contribution in [0.25, 0.3) is 39.0 Å². The number of aromatic amines is 1. The first-order chi connectivity index (χ1) is 26.7. The minimum atomic E-state index is -0.393. The molecule has 2 aliphatic heterocycles. The van der Waals surface area contributed by atoms with Gasteiger partial charge in [-0.1, -0.05) is 0 Å². The second-order valence-electron chi connectivity index (χ2n) is 14.5. The van der Waals surface area contributed by atoms with E-state index in [0.29, 0.717) is 84.1 Å². The Morgan fingerprint density at radius 1 is 0.982 bits per heavy atom. The average Bonchev–Trinajstić information content (AvgIpc) is 3.99. The van der Waals surface area contributed by atoms with Crippen LogP contribution >= 0.6 is 0 Å². The van der Waals surface area contributed by atoms with Crippen LogP contribution in [-0.4, -0.2) is 78.0 Å². The first-order valence-corrected chi connectivity index (χ1v) is 18.5. The number of aryl methyl sites for hydroxylation is 2. The van der Waals surface area contributed by atoms with E-state index >= 15 is 4.39 Å². The molecule has 2 aliphatic rings. The van der Waals surface area contributed by atoms with E-state index in [1.165, 1.54) is 4.57 Å². The zero-order chi connectivity index (χ0) is 38.0. The van der Waals surface area contributed by atoms with E-state index in [1.54, 1.807) is 78.0 Å². The number of hydrogen-bond acceptors (Lipinski definition) is 6. The number of carbonyl (C=O) groups is 1. The average molecular weight is 747 g/mol. The summed E-state index contributed by atoms with van der Waals surface area (Å²) in [6.45, 7) is 6.31. The van der Waals surface area contributed by atoms with Gasteiger partial charge in [-0.3, -0.25) is 18.6 Å². The SMILES string of the molecule is COCCn1ncc2cc(-n3ccn(-c4c5c(nn4-c4cc(C)c(F)c(C)c4)CCN(C(=O)c4cc6cc(C7CCOCC7)cc(F)c6[nH]4)C5)c3=O)ccc21. The van der Waals surface area contributed by atoms with Gasteiger partial charge in [0.15, 0.2) is 0 Å². The van der Waals surface area contributed by atoms with Crippen molar-refractivity contribution in [3.63, 3.8) is 0 Å². The summed E-state index contributed by atoms with van der Waals surface area (Å²) in [4.78, 5) is 33.3. The lowest BCUT2D eigenvalue weighted by Crippen LogP contribution is -2.36. The Morgan fingerprint density at radius 3 is 2.55 bits per heavy atom. The monoisotopic (exact) mass is 746 g/mol. The molecule has 1 saturated heterocycles. The fourth-order valence-electron chi connectivity index (χ4n) is 8.09. The Labute approximate surface area is 314 Å². The molecule has 0 aliphatic carbocycles. The number of methoxy groups -OCH3 is 1. The molecule has 4 aromatic heterocycles. The number of halogens is 2. The maximum atomic E-state index is 15.4. The Morgan fingerprint density at radius 2 is 1.76 bits per heavy atom. The molecular formula is C41H40F2N8O4. The van der Waals surface area contributed by atoms with Gasteiger partial charge in [0.1, 0.15) is 23.1 Å². The molecule has 1 N–H and O–H groups in total. The highest BCUT2D eigenvalue weighted by atomic mass is 19.1. The van der Waals surface area contributed by atoms with Gasteiger partial charge in [0, 0.05) is 62.0 Å². The number of amides is 1. The van der Waals surface area contributed by atoms with Crippen molar-refractivity contribution in [1.29, 1.82) is 0 Å². The minimum Gasteiger partial charge on any atom is -0.383 e. The lowest BCUT2D eigenvalue weighted by molar-refractivity contribution is 0.0729. The number of fused-ring (bicyclic) bond motifs is 3. The normalized spacial score (nSPS) is 15.0. The lowest BCUT2D eigenvalue weighted by atomic mass is 9.91. The summed E-state index contributed by atoms with van der Waals surface area (Å²) in [5.74, 6) is -0.324. The number of hydrogen-bond donors (Lipinski definition) is 1. The molecule has 0 saturated carbocycles. The van der Waals surface area contributed by atoms with Gasteiger partial charge in [-0.2, -0.15) is 10.2 Å². The number of carbonyl (C=O) groups excluding carboxylic acids is 1. The molecule has 12 nitrogen and oxygen atoms in total. The number of H-pyrrole nitrogens is 1. The molecule has 0 radical (unpaired) electrons. The molecule has 1 fully saturated rings. The Kier molecular flexibility index (Phi) is 8.73. The van der Waals surface area contributed by atoms with Crippen LogP contribution in [-0.2, 0) is 29.0 Å². The third kappa shape index (κ3) is 6.05. The van der Waals surface area contributed by atoms with Gasteiger partial charge in [0.25, 0.3) is 5.91 Å². The van der Waals surface area contributed by atoms with Crippen LogP contribution in [0.5, 0.6) is 0 Å². The van der Waals surface area contributed by atoms with Crippen molar-refractivity contribution in [2.45, 2.75) is 52.1 Å². The van der Waals surface area contributed by atoms with Gasteiger partial charge in [0.05, 0.1) is 54.0 Å².